The van der Waals surface area contributed by atoms with Crippen LogP contribution in [-0.2, 0) is 6.18 Å². The summed E-state index contributed by atoms with van der Waals surface area (Å²) in [5, 5.41) is 0.0935. The van der Waals surface area contributed by atoms with Gasteiger partial charge in [0, 0.05) is 23.2 Å². The fourth-order valence-electron chi connectivity index (χ4n) is 2.23. The van der Waals surface area contributed by atoms with Gasteiger partial charge in [0.15, 0.2) is 0 Å². The average molecular weight is 290 g/mol. The zero-order chi connectivity index (χ0) is 15.0. The third-order valence-electron chi connectivity index (χ3n) is 3.11. The van der Waals surface area contributed by atoms with Gasteiger partial charge in [-0.15, -0.1) is 0 Å². The molecule has 105 valence electrons. The van der Waals surface area contributed by atoms with E-state index in [-0.39, 0.29) is 10.9 Å². The molecule has 0 atom stereocenters. The van der Waals surface area contributed by atoms with E-state index in [2.05, 4.69) is 11.1 Å². The summed E-state index contributed by atoms with van der Waals surface area (Å²) in [5.41, 5.74) is -0.306. The summed E-state index contributed by atoms with van der Waals surface area (Å²) in [5.74, 6) is -0.951. The number of hydrogen-bond donors (Lipinski definition) is 0. The van der Waals surface area contributed by atoms with E-state index >= 15 is 0 Å². The van der Waals surface area contributed by atoms with E-state index in [0.717, 1.165) is 6.07 Å². The van der Waals surface area contributed by atoms with E-state index in [1.54, 1.807) is 30.3 Å². The first kappa shape index (κ1) is 13.5. The number of hydrogen-bond acceptors (Lipinski definition) is 1. The van der Waals surface area contributed by atoms with Crippen LogP contribution < -0.4 is 0 Å². The summed E-state index contributed by atoms with van der Waals surface area (Å²) in [6.45, 7) is 0. The summed E-state index contributed by atoms with van der Waals surface area (Å²) >= 11 is 0. The highest BCUT2D eigenvalue weighted by molar-refractivity contribution is 5.95. The monoisotopic (exact) mass is 290 g/mol. The maximum absolute atomic E-state index is 13.6. The minimum absolute atomic E-state index is 0.0935. The van der Waals surface area contributed by atoms with Crippen LogP contribution >= 0.6 is 0 Å². The number of alkyl halides is 3. The number of aromatic nitrogens is 1. The van der Waals surface area contributed by atoms with Gasteiger partial charge in [-0.2, -0.15) is 13.2 Å². The van der Waals surface area contributed by atoms with Gasteiger partial charge >= 0.3 is 6.18 Å². The van der Waals surface area contributed by atoms with Gasteiger partial charge in [-0.3, -0.25) is 4.98 Å². The van der Waals surface area contributed by atoms with Gasteiger partial charge in [0.2, 0.25) is 0 Å². The van der Waals surface area contributed by atoms with Gasteiger partial charge in [0.1, 0.15) is 5.82 Å². The average Bonchev–Trinajstić information content (AvgIpc) is 2.45. The van der Waals surface area contributed by atoms with Gasteiger partial charge in [-0.25, -0.2) is 4.39 Å². The Labute approximate surface area is 117 Å². The quantitative estimate of drug-likeness (QED) is 0.583. The molecule has 0 amide bonds. The van der Waals surface area contributed by atoms with Gasteiger partial charge in [0.05, 0.1) is 11.1 Å². The predicted molar refractivity (Wildman–Crippen MR) is 71.0 cm³/mol. The molecule has 1 aromatic heterocycles. The molecule has 0 saturated heterocycles. The molecule has 5 heteroatoms. The standard InChI is InChI=1S/C16H8F4N/c17-11-8-13-12(10-4-2-1-3-5-10)6-7-21-15(13)14(9-11)16(18,19)20/h1-5,7-9H. The van der Waals surface area contributed by atoms with Crippen LogP contribution in [0.3, 0.4) is 0 Å². The van der Waals surface area contributed by atoms with Crippen LogP contribution in [0.25, 0.3) is 22.0 Å². The van der Waals surface area contributed by atoms with E-state index in [9.17, 15) is 17.6 Å². The maximum atomic E-state index is 13.6. The molecule has 1 radical (unpaired) electrons. The Morgan fingerprint density at radius 3 is 2.38 bits per heavy atom. The van der Waals surface area contributed by atoms with Crippen molar-refractivity contribution in [1.29, 1.82) is 0 Å². The molecule has 0 N–H and O–H groups in total. The minimum atomic E-state index is -4.66. The van der Waals surface area contributed by atoms with Gasteiger partial charge in [-0.05, 0) is 17.7 Å². The number of fused-ring (bicyclic) bond motifs is 1. The number of halogens is 4. The second-order valence-corrected chi connectivity index (χ2v) is 4.49. The molecule has 21 heavy (non-hydrogen) atoms. The molecular weight excluding hydrogens is 282 g/mol. The summed E-state index contributed by atoms with van der Waals surface area (Å²) in [7, 11) is 0. The first-order chi connectivity index (χ1) is 9.97. The maximum Gasteiger partial charge on any atom is 0.418 e. The van der Waals surface area contributed by atoms with Crippen LogP contribution in [0.2, 0.25) is 0 Å². The fourth-order valence-corrected chi connectivity index (χ4v) is 2.23. The summed E-state index contributed by atoms with van der Waals surface area (Å²) in [6, 6.07) is 13.0. The van der Waals surface area contributed by atoms with Crippen LogP contribution in [0.15, 0.2) is 48.7 Å². The van der Waals surface area contributed by atoms with E-state index in [1.807, 2.05) is 0 Å². The number of rotatable bonds is 1. The van der Waals surface area contributed by atoms with Crippen LogP contribution in [0.5, 0.6) is 0 Å². The zero-order valence-electron chi connectivity index (χ0n) is 10.6. The largest absolute Gasteiger partial charge is 0.418 e. The predicted octanol–water partition coefficient (Wildman–Crippen LogP) is 4.86. The lowest BCUT2D eigenvalue weighted by Crippen LogP contribution is -2.07. The Hall–Kier alpha value is -2.43. The number of benzene rings is 2. The lowest BCUT2D eigenvalue weighted by Gasteiger charge is -2.12. The summed E-state index contributed by atoms with van der Waals surface area (Å²) in [4.78, 5) is 3.73. The van der Waals surface area contributed by atoms with Gasteiger partial charge < -0.3 is 0 Å². The smallest absolute Gasteiger partial charge is 0.255 e. The highest BCUT2D eigenvalue weighted by Crippen LogP contribution is 2.37. The lowest BCUT2D eigenvalue weighted by atomic mass is 9.99. The van der Waals surface area contributed by atoms with Crippen LogP contribution in [0, 0.1) is 11.9 Å². The molecule has 0 unspecified atom stereocenters. The Morgan fingerprint density at radius 2 is 1.71 bits per heavy atom. The Bertz CT molecular complexity index is 794. The third-order valence-corrected chi connectivity index (χ3v) is 3.11. The second-order valence-electron chi connectivity index (χ2n) is 4.49. The first-order valence-electron chi connectivity index (χ1n) is 6.09. The normalized spacial score (nSPS) is 11.8. The molecule has 3 rings (SSSR count). The van der Waals surface area contributed by atoms with Crippen molar-refractivity contribution in [3.05, 3.63) is 66.1 Å². The molecule has 3 aromatic rings. The topological polar surface area (TPSA) is 12.9 Å². The Balaban J connectivity index is 2.37. The SMILES string of the molecule is Fc1cc(C(F)(F)F)c2nc[c]c(-c3ccccc3)c2c1. The zero-order valence-corrected chi connectivity index (χ0v) is 10.6. The molecule has 0 aliphatic carbocycles. The van der Waals surface area contributed by atoms with Crippen LogP contribution in [0.1, 0.15) is 5.56 Å². The molecule has 0 aliphatic heterocycles. The van der Waals surface area contributed by atoms with Crippen LogP contribution in [0.4, 0.5) is 17.6 Å². The third kappa shape index (κ3) is 2.46. The van der Waals surface area contributed by atoms with E-state index in [1.165, 1.54) is 6.20 Å². The highest BCUT2D eigenvalue weighted by Gasteiger charge is 2.34. The summed E-state index contributed by atoms with van der Waals surface area (Å²) < 4.78 is 52.6. The van der Waals surface area contributed by atoms with Crippen molar-refractivity contribution in [2.75, 3.05) is 0 Å². The minimum Gasteiger partial charge on any atom is -0.255 e. The van der Waals surface area contributed by atoms with Crippen molar-refractivity contribution in [2.45, 2.75) is 6.18 Å². The number of pyridine rings is 1. The molecule has 2 aromatic carbocycles. The van der Waals surface area contributed by atoms with E-state index in [0.29, 0.717) is 17.2 Å². The van der Waals surface area contributed by atoms with Crippen molar-refractivity contribution in [3.8, 4) is 11.1 Å². The van der Waals surface area contributed by atoms with Crippen molar-refractivity contribution < 1.29 is 17.6 Å². The fraction of sp³-hybridized carbons (Fsp3) is 0.0625. The summed E-state index contributed by atoms with van der Waals surface area (Å²) in [6.07, 6.45) is -3.49. The van der Waals surface area contributed by atoms with E-state index < -0.39 is 17.6 Å². The number of nitrogens with zero attached hydrogens (tertiary/aromatic N) is 1. The molecule has 1 nitrogen and oxygen atoms in total. The van der Waals surface area contributed by atoms with Gasteiger partial charge in [-0.1, -0.05) is 30.3 Å². The second kappa shape index (κ2) is 4.84. The van der Waals surface area contributed by atoms with Crippen molar-refractivity contribution >= 4 is 10.9 Å². The van der Waals surface area contributed by atoms with Crippen molar-refractivity contribution in [3.63, 3.8) is 0 Å². The molecule has 0 fully saturated rings. The Kier molecular flexibility index (Phi) is 3.12. The molecule has 0 aliphatic rings. The first-order valence-corrected chi connectivity index (χ1v) is 6.09. The van der Waals surface area contributed by atoms with Gasteiger partial charge in [0.25, 0.3) is 0 Å². The highest BCUT2D eigenvalue weighted by atomic mass is 19.4. The molecule has 0 spiro atoms. The van der Waals surface area contributed by atoms with E-state index in [4.69, 9.17) is 0 Å². The van der Waals surface area contributed by atoms with Crippen molar-refractivity contribution in [2.24, 2.45) is 0 Å². The lowest BCUT2D eigenvalue weighted by molar-refractivity contribution is -0.136. The molecule has 0 saturated carbocycles. The van der Waals surface area contributed by atoms with Crippen molar-refractivity contribution in [1.82, 2.24) is 4.98 Å². The molecule has 0 bridgehead atoms. The molecular formula is C16H8F4N. The Morgan fingerprint density at radius 1 is 1.00 bits per heavy atom. The van der Waals surface area contributed by atoms with Crippen LogP contribution in [-0.4, -0.2) is 4.98 Å². The molecule has 1 heterocycles.